The van der Waals surface area contributed by atoms with Crippen LogP contribution >= 0.6 is 11.3 Å². The van der Waals surface area contributed by atoms with Gasteiger partial charge in [0.05, 0.1) is 5.69 Å². The van der Waals surface area contributed by atoms with Crippen molar-refractivity contribution >= 4 is 11.3 Å². The average molecular weight is 288 g/mol. The average Bonchev–Trinajstić information content (AvgIpc) is 2.82. The third-order valence-electron chi connectivity index (χ3n) is 3.33. The van der Waals surface area contributed by atoms with Crippen LogP contribution < -0.4 is 5.32 Å². The second-order valence-corrected chi connectivity index (χ2v) is 6.67. The Hall–Kier alpha value is -1.19. The van der Waals surface area contributed by atoms with Gasteiger partial charge >= 0.3 is 0 Å². The van der Waals surface area contributed by atoms with Crippen LogP contribution in [0.25, 0.3) is 10.6 Å². The second-order valence-electron chi connectivity index (χ2n) is 5.58. The number of aromatic nitrogens is 1. The van der Waals surface area contributed by atoms with E-state index < -0.39 is 0 Å². The molecule has 1 N–H and O–H groups in total. The SMILES string of the molecule is CCc1nc(-c2ccccc2C)sc1CNCC(C)C. The van der Waals surface area contributed by atoms with Gasteiger partial charge in [-0.2, -0.15) is 0 Å². The number of aryl methyl sites for hydroxylation is 2. The molecule has 0 aliphatic rings. The van der Waals surface area contributed by atoms with E-state index in [9.17, 15) is 0 Å². The molecule has 0 amide bonds. The molecule has 0 aliphatic carbocycles. The third kappa shape index (κ3) is 3.68. The van der Waals surface area contributed by atoms with Gasteiger partial charge in [0.25, 0.3) is 0 Å². The summed E-state index contributed by atoms with van der Waals surface area (Å²) in [5, 5.41) is 4.68. The van der Waals surface area contributed by atoms with E-state index in [1.54, 1.807) is 0 Å². The minimum atomic E-state index is 0.684. The van der Waals surface area contributed by atoms with Gasteiger partial charge in [0.1, 0.15) is 5.01 Å². The molecular weight excluding hydrogens is 264 g/mol. The first-order valence-electron chi connectivity index (χ1n) is 7.37. The molecule has 1 heterocycles. The number of benzene rings is 1. The quantitative estimate of drug-likeness (QED) is 0.850. The first kappa shape index (κ1) is 15.2. The largest absolute Gasteiger partial charge is 0.312 e. The van der Waals surface area contributed by atoms with E-state index in [1.807, 2.05) is 11.3 Å². The molecule has 1 aromatic carbocycles. The Labute approximate surface area is 126 Å². The number of hydrogen-bond acceptors (Lipinski definition) is 3. The summed E-state index contributed by atoms with van der Waals surface area (Å²) in [5.74, 6) is 0.684. The molecule has 0 atom stereocenters. The molecule has 2 rings (SSSR count). The monoisotopic (exact) mass is 288 g/mol. The van der Waals surface area contributed by atoms with Crippen LogP contribution in [0.5, 0.6) is 0 Å². The Bertz CT molecular complexity index is 558. The van der Waals surface area contributed by atoms with E-state index in [1.165, 1.54) is 21.7 Å². The van der Waals surface area contributed by atoms with Crippen molar-refractivity contribution in [1.29, 1.82) is 0 Å². The molecule has 0 unspecified atom stereocenters. The third-order valence-corrected chi connectivity index (χ3v) is 4.46. The fourth-order valence-electron chi connectivity index (χ4n) is 2.20. The van der Waals surface area contributed by atoms with E-state index in [4.69, 9.17) is 4.98 Å². The zero-order valence-corrected chi connectivity index (χ0v) is 13.7. The Morgan fingerprint density at radius 2 is 2.00 bits per heavy atom. The molecule has 0 radical (unpaired) electrons. The van der Waals surface area contributed by atoms with E-state index >= 15 is 0 Å². The molecule has 0 fully saturated rings. The lowest BCUT2D eigenvalue weighted by molar-refractivity contribution is 0.553. The topological polar surface area (TPSA) is 24.9 Å². The molecule has 1 aromatic heterocycles. The lowest BCUT2D eigenvalue weighted by atomic mass is 10.1. The predicted octanol–water partition coefficient (Wildman–Crippen LogP) is 4.43. The van der Waals surface area contributed by atoms with E-state index in [0.29, 0.717) is 5.92 Å². The highest BCUT2D eigenvalue weighted by atomic mass is 32.1. The van der Waals surface area contributed by atoms with Crippen LogP contribution in [-0.4, -0.2) is 11.5 Å². The summed E-state index contributed by atoms with van der Waals surface area (Å²) in [5.41, 5.74) is 3.80. The van der Waals surface area contributed by atoms with Crippen LogP contribution in [0.4, 0.5) is 0 Å². The maximum atomic E-state index is 4.84. The number of hydrogen-bond donors (Lipinski definition) is 1. The van der Waals surface area contributed by atoms with Crippen molar-refractivity contribution in [3.05, 3.63) is 40.4 Å². The summed E-state index contributed by atoms with van der Waals surface area (Å²) < 4.78 is 0. The molecule has 3 heteroatoms. The van der Waals surface area contributed by atoms with Gasteiger partial charge in [-0.25, -0.2) is 4.98 Å². The van der Waals surface area contributed by atoms with Crippen molar-refractivity contribution in [3.8, 4) is 10.6 Å². The molecule has 108 valence electrons. The minimum Gasteiger partial charge on any atom is -0.312 e. The summed E-state index contributed by atoms with van der Waals surface area (Å²) in [6.45, 7) is 10.8. The first-order valence-corrected chi connectivity index (χ1v) is 8.18. The van der Waals surface area contributed by atoms with Crippen molar-refractivity contribution in [2.45, 2.75) is 40.7 Å². The van der Waals surface area contributed by atoms with Crippen molar-refractivity contribution in [3.63, 3.8) is 0 Å². The van der Waals surface area contributed by atoms with Gasteiger partial charge in [0, 0.05) is 17.0 Å². The number of nitrogens with one attached hydrogen (secondary N) is 1. The Morgan fingerprint density at radius 3 is 2.65 bits per heavy atom. The fraction of sp³-hybridized carbons (Fsp3) is 0.471. The summed E-state index contributed by atoms with van der Waals surface area (Å²) >= 11 is 1.83. The zero-order valence-electron chi connectivity index (χ0n) is 12.9. The summed E-state index contributed by atoms with van der Waals surface area (Å²) in [4.78, 5) is 6.22. The Kier molecular flexibility index (Phi) is 5.32. The smallest absolute Gasteiger partial charge is 0.124 e. The Morgan fingerprint density at radius 1 is 1.25 bits per heavy atom. The molecule has 0 bridgehead atoms. The predicted molar refractivity (Wildman–Crippen MR) is 88.2 cm³/mol. The van der Waals surface area contributed by atoms with Crippen LogP contribution in [0.15, 0.2) is 24.3 Å². The van der Waals surface area contributed by atoms with Gasteiger partial charge in [-0.1, -0.05) is 45.0 Å². The molecule has 0 spiro atoms. The first-order chi connectivity index (χ1) is 9.61. The molecule has 20 heavy (non-hydrogen) atoms. The normalized spacial score (nSPS) is 11.2. The maximum Gasteiger partial charge on any atom is 0.124 e. The molecule has 2 nitrogen and oxygen atoms in total. The van der Waals surface area contributed by atoms with Gasteiger partial charge in [-0.15, -0.1) is 11.3 Å². The number of thiazole rings is 1. The lowest BCUT2D eigenvalue weighted by Crippen LogP contribution is -2.18. The zero-order chi connectivity index (χ0) is 14.5. The lowest BCUT2D eigenvalue weighted by Gasteiger charge is -2.06. The summed E-state index contributed by atoms with van der Waals surface area (Å²) in [7, 11) is 0. The maximum absolute atomic E-state index is 4.84. The van der Waals surface area contributed by atoms with Gasteiger partial charge in [0.2, 0.25) is 0 Å². The van der Waals surface area contributed by atoms with Crippen molar-refractivity contribution < 1.29 is 0 Å². The van der Waals surface area contributed by atoms with E-state index in [2.05, 4.69) is 57.3 Å². The molecule has 2 aromatic rings. The van der Waals surface area contributed by atoms with E-state index in [-0.39, 0.29) is 0 Å². The van der Waals surface area contributed by atoms with Crippen LogP contribution in [0.2, 0.25) is 0 Å². The van der Waals surface area contributed by atoms with Gasteiger partial charge in [-0.05, 0) is 31.4 Å². The van der Waals surface area contributed by atoms with Gasteiger partial charge in [0.15, 0.2) is 0 Å². The van der Waals surface area contributed by atoms with Crippen molar-refractivity contribution in [2.75, 3.05) is 6.54 Å². The standard InChI is InChI=1S/C17H24N2S/c1-5-15-16(11-18-10-12(2)3)20-17(19-15)14-9-7-6-8-13(14)4/h6-9,12,18H,5,10-11H2,1-4H3. The molecule has 0 saturated carbocycles. The van der Waals surface area contributed by atoms with Gasteiger partial charge < -0.3 is 5.32 Å². The summed E-state index contributed by atoms with van der Waals surface area (Å²) in [6, 6.07) is 8.49. The highest BCUT2D eigenvalue weighted by Gasteiger charge is 2.12. The summed E-state index contributed by atoms with van der Waals surface area (Å²) in [6.07, 6.45) is 1.00. The number of nitrogens with zero attached hydrogens (tertiary/aromatic N) is 1. The van der Waals surface area contributed by atoms with Crippen LogP contribution in [0, 0.1) is 12.8 Å². The highest BCUT2D eigenvalue weighted by Crippen LogP contribution is 2.30. The van der Waals surface area contributed by atoms with Crippen molar-refractivity contribution in [2.24, 2.45) is 5.92 Å². The van der Waals surface area contributed by atoms with E-state index in [0.717, 1.165) is 24.5 Å². The highest BCUT2D eigenvalue weighted by molar-refractivity contribution is 7.15. The molecular formula is C17H24N2S. The van der Waals surface area contributed by atoms with Crippen molar-refractivity contribution in [1.82, 2.24) is 10.3 Å². The minimum absolute atomic E-state index is 0.684. The fourth-order valence-corrected chi connectivity index (χ4v) is 3.41. The van der Waals surface area contributed by atoms with Crippen LogP contribution in [-0.2, 0) is 13.0 Å². The van der Waals surface area contributed by atoms with Crippen LogP contribution in [0.1, 0.15) is 36.9 Å². The number of rotatable bonds is 6. The second kappa shape index (κ2) is 7.00. The van der Waals surface area contributed by atoms with Gasteiger partial charge in [-0.3, -0.25) is 0 Å². The Balaban J connectivity index is 2.20. The van der Waals surface area contributed by atoms with Crippen LogP contribution in [0.3, 0.4) is 0 Å². The molecule has 0 saturated heterocycles. The molecule has 0 aliphatic heterocycles.